The summed E-state index contributed by atoms with van der Waals surface area (Å²) < 4.78 is 32.0. The molecule has 0 rings (SSSR count). The number of aliphatic carboxylic acids is 2. The van der Waals surface area contributed by atoms with E-state index in [1.807, 2.05) is 20.8 Å². The van der Waals surface area contributed by atoms with Gasteiger partial charge in [-0.05, 0) is 11.8 Å². The maximum atomic E-state index is 13.2. The zero-order valence-corrected chi connectivity index (χ0v) is 28.4. The molecule has 0 aliphatic rings. The van der Waals surface area contributed by atoms with Gasteiger partial charge in [-0.1, -0.05) is 62.4 Å². The van der Waals surface area contributed by atoms with E-state index in [1.54, 1.807) is 0 Å². The largest absolute Gasteiger partial charge is 0.511 e. The number of carboxylic acid groups (broad SMARTS) is 2. The summed E-state index contributed by atoms with van der Waals surface area (Å²) in [6, 6.07) is 0. The molecule has 0 bridgehead atoms. The van der Waals surface area contributed by atoms with Crippen LogP contribution in [0.3, 0.4) is 0 Å². The third-order valence-corrected chi connectivity index (χ3v) is 15.3. The molecule has 0 radical (unpaired) electrons. The summed E-state index contributed by atoms with van der Waals surface area (Å²) in [6.45, 7) is 5.81. The standard InChI is InChI=1S/C24H44O12S2Si2/c1-10-24(2,3)14-18(19(22(28)29)13-21(27)37-15-39(31-4,32-5)33-6)11-17(12-20(25)26)23(30)38-16-40(34-7,35-8)36-9/h11,17,19H,10,12-16H2,1-9H3,(H,25,26)(H,28,29)/b18-11+. The lowest BCUT2D eigenvalue weighted by Gasteiger charge is -2.28. The van der Waals surface area contributed by atoms with Crippen LogP contribution < -0.4 is 0 Å². The lowest BCUT2D eigenvalue weighted by Crippen LogP contribution is -2.46. The van der Waals surface area contributed by atoms with Gasteiger partial charge >= 0.3 is 29.5 Å². The van der Waals surface area contributed by atoms with E-state index in [0.717, 1.165) is 23.5 Å². The fraction of sp³-hybridized carbons (Fsp3) is 0.750. The summed E-state index contributed by atoms with van der Waals surface area (Å²) in [4.78, 5) is 50.3. The van der Waals surface area contributed by atoms with Gasteiger partial charge in [0.2, 0.25) is 0 Å². The molecule has 0 saturated heterocycles. The Morgan fingerprint density at radius 3 is 1.62 bits per heavy atom. The van der Waals surface area contributed by atoms with Crippen LogP contribution in [-0.4, -0.2) is 103 Å². The fourth-order valence-corrected chi connectivity index (χ4v) is 10.6. The number of allylic oxidation sites excluding steroid dienone is 1. The third kappa shape index (κ3) is 12.8. The van der Waals surface area contributed by atoms with Gasteiger partial charge in [0.25, 0.3) is 0 Å². The van der Waals surface area contributed by atoms with Gasteiger partial charge in [-0.3, -0.25) is 19.2 Å². The van der Waals surface area contributed by atoms with Crippen molar-refractivity contribution in [3.05, 3.63) is 11.6 Å². The molecule has 0 amide bonds. The maximum absolute atomic E-state index is 13.2. The summed E-state index contributed by atoms with van der Waals surface area (Å²) in [5.41, 5.74) is -0.0651. The van der Waals surface area contributed by atoms with Crippen molar-refractivity contribution in [1.82, 2.24) is 0 Å². The van der Waals surface area contributed by atoms with Crippen LogP contribution in [0.4, 0.5) is 0 Å². The normalized spacial score (nSPS) is 14.6. The predicted molar refractivity (Wildman–Crippen MR) is 157 cm³/mol. The van der Waals surface area contributed by atoms with E-state index in [9.17, 15) is 29.4 Å². The Morgan fingerprint density at radius 2 is 1.25 bits per heavy atom. The van der Waals surface area contributed by atoms with Gasteiger partial charge in [0, 0.05) is 49.1 Å². The molecule has 0 heterocycles. The van der Waals surface area contributed by atoms with Crippen molar-refractivity contribution in [2.24, 2.45) is 17.3 Å². The summed E-state index contributed by atoms with van der Waals surface area (Å²) in [5, 5.41) is 18.9. The molecule has 12 nitrogen and oxygen atoms in total. The van der Waals surface area contributed by atoms with Crippen LogP contribution in [0.5, 0.6) is 0 Å². The smallest absolute Gasteiger partial charge is 0.481 e. The van der Waals surface area contributed by atoms with E-state index in [2.05, 4.69) is 0 Å². The van der Waals surface area contributed by atoms with Gasteiger partial charge in [-0.15, -0.1) is 0 Å². The minimum atomic E-state index is -3.14. The van der Waals surface area contributed by atoms with Crippen molar-refractivity contribution in [3.8, 4) is 0 Å². The van der Waals surface area contributed by atoms with Crippen LogP contribution in [0.2, 0.25) is 0 Å². The SMILES string of the molecule is CCC(C)(C)C/C(=C\C(CC(=O)O)C(=O)SC[Si](OC)(OC)OC)C(CC(=O)SC[Si](OC)(OC)OC)C(=O)O. The molecule has 16 heteroatoms. The first kappa shape index (κ1) is 38.9. The maximum Gasteiger partial charge on any atom is 0.511 e. The summed E-state index contributed by atoms with van der Waals surface area (Å²) >= 11 is 1.66. The van der Waals surface area contributed by atoms with Gasteiger partial charge < -0.3 is 36.8 Å². The van der Waals surface area contributed by atoms with Gasteiger partial charge in [-0.25, -0.2) is 0 Å². The van der Waals surface area contributed by atoms with Crippen molar-refractivity contribution in [2.75, 3.05) is 53.4 Å². The first-order valence-electron chi connectivity index (χ1n) is 12.4. The topological polar surface area (TPSA) is 164 Å². The molecule has 0 aromatic heterocycles. The molecule has 2 unspecified atom stereocenters. The number of hydrogen-bond acceptors (Lipinski definition) is 12. The Bertz CT molecular complexity index is 859. The number of rotatable bonds is 21. The molecule has 2 N–H and O–H groups in total. The summed E-state index contributed by atoms with van der Waals surface area (Å²) in [5.74, 6) is -4.90. The van der Waals surface area contributed by atoms with E-state index >= 15 is 0 Å². The molecule has 0 aliphatic heterocycles. The molecule has 2 atom stereocenters. The van der Waals surface area contributed by atoms with Gasteiger partial charge in [-0.2, -0.15) is 0 Å². The molecule has 0 spiro atoms. The average Bonchev–Trinajstić information content (AvgIpc) is 2.92. The first-order valence-corrected chi connectivity index (χ1v) is 18.2. The zero-order valence-electron chi connectivity index (χ0n) is 24.8. The van der Waals surface area contributed by atoms with Crippen molar-refractivity contribution in [2.45, 2.75) is 46.5 Å². The van der Waals surface area contributed by atoms with Crippen molar-refractivity contribution in [3.63, 3.8) is 0 Å². The summed E-state index contributed by atoms with van der Waals surface area (Å²) in [7, 11) is 2.20. The van der Waals surface area contributed by atoms with Crippen LogP contribution in [0.15, 0.2) is 11.6 Å². The van der Waals surface area contributed by atoms with Crippen molar-refractivity contribution < 1.29 is 55.9 Å². The monoisotopic (exact) mass is 644 g/mol. The second-order valence-corrected chi connectivity index (χ2v) is 18.5. The molecule has 0 fully saturated rings. The van der Waals surface area contributed by atoms with Crippen molar-refractivity contribution >= 4 is 63.3 Å². The average molecular weight is 645 g/mol. The Kier molecular flexibility index (Phi) is 18.0. The molecule has 0 aliphatic carbocycles. The predicted octanol–water partition coefficient (Wildman–Crippen LogP) is 3.28. The summed E-state index contributed by atoms with van der Waals surface area (Å²) in [6.07, 6.45) is 1.40. The second kappa shape index (κ2) is 18.5. The van der Waals surface area contributed by atoms with E-state index in [-0.39, 0.29) is 29.0 Å². The van der Waals surface area contributed by atoms with Gasteiger partial charge in [0.05, 0.1) is 29.0 Å². The minimum Gasteiger partial charge on any atom is -0.481 e. The third-order valence-electron chi connectivity index (χ3n) is 6.54. The highest BCUT2D eigenvalue weighted by atomic mass is 32.2. The van der Waals surface area contributed by atoms with Gasteiger partial charge in [0.15, 0.2) is 10.2 Å². The molecular weight excluding hydrogens is 601 g/mol. The van der Waals surface area contributed by atoms with E-state index in [0.29, 0.717) is 12.0 Å². The lowest BCUT2D eigenvalue weighted by molar-refractivity contribution is -0.141. The molecule has 0 aromatic carbocycles. The van der Waals surface area contributed by atoms with E-state index < -0.39 is 58.0 Å². The molecule has 0 saturated carbocycles. The Balaban J connectivity index is 6.34. The van der Waals surface area contributed by atoms with E-state index in [1.165, 1.54) is 48.7 Å². The molecule has 40 heavy (non-hydrogen) atoms. The van der Waals surface area contributed by atoms with E-state index in [4.69, 9.17) is 26.6 Å². The number of carbonyl (C=O) groups excluding carboxylic acids is 2. The fourth-order valence-electron chi connectivity index (χ4n) is 3.52. The van der Waals surface area contributed by atoms with Crippen LogP contribution in [0.1, 0.15) is 46.5 Å². The molecule has 0 aromatic rings. The van der Waals surface area contributed by atoms with Gasteiger partial charge in [0.1, 0.15) is 0 Å². The lowest BCUT2D eigenvalue weighted by atomic mass is 9.77. The van der Waals surface area contributed by atoms with Crippen LogP contribution in [0.25, 0.3) is 0 Å². The highest BCUT2D eigenvalue weighted by Crippen LogP contribution is 2.36. The van der Waals surface area contributed by atoms with Crippen LogP contribution >= 0.6 is 23.5 Å². The number of hydrogen-bond donors (Lipinski definition) is 2. The van der Waals surface area contributed by atoms with Crippen molar-refractivity contribution in [1.29, 1.82) is 0 Å². The first-order chi connectivity index (χ1) is 18.6. The highest BCUT2D eigenvalue weighted by Gasteiger charge is 2.41. The quantitative estimate of drug-likeness (QED) is 0.138. The molecule has 232 valence electrons. The van der Waals surface area contributed by atoms with Crippen LogP contribution in [0, 0.1) is 17.3 Å². The molecular formula is C24H44O12S2Si2. The second-order valence-electron chi connectivity index (χ2n) is 9.59. The Morgan fingerprint density at radius 1 is 0.800 bits per heavy atom. The number of carboxylic acids is 2. The number of thioether (sulfide) groups is 2. The zero-order chi connectivity index (χ0) is 31.1. The number of carbonyl (C=O) groups is 4. The van der Waals surface area contributed by atoms with Crippen LogP contribution in [-0.2, 0) is 45.7 Å². The highest BCUT2D eigenvalue weighted by molar-refractivity contribution is 8.15. The Hall–Kier alpha value is -1.09. The Labute approximate surface area is 247 Å². The minimum absolute atomic E-state index is 0.0384.